The van der Waals surface area contributed by atoms with Crippen molar-refractivity contribution in [2.75, 3.05) is 5.32 Å². The Labute approximate surface area is 119 Å². The van der Waals surface area contributed by atoms with Crippen LogP contribution in [0.5, 0.6) is 0 Å². The van der Waals surface area contributed by atoms with Gasteiger partial charge in [0.15, 0.2) is 5.82 Å². The van der Waals surface area contributed by atoms with Crippen LogP contribution in [0.3, 0.4) is 0 Å². The summed E-state index contributed by atoms with van der Waals surface area (Å²) in [6.45, 7) is 0.660. The Bertz CT molecular complexity index is 901. The molecule has 1 N–H and O–H groups in total. The van der Waals surface area contributed by atoms with E-state index in [4.69, 9.17) is 0 Å². The normalized spacial score (nSPS) is 11.0. The van der Waals surface area contributed by atoms with E-state index in [1.807, 2.05) is 18.2 Å². The summed E-state index contributed by atoms with van der Waals surface area (Å²) >= 11 is 0. The van der Waals surface area contributed by atoms with Crippen molar-refractivity contribution in [1.29, 1.82) is 0 Å². The molecule has 1 aromatic carbocycles. The van der Waals surface area contributed by atoms with Gasteiger partial charge < -0.3 is 5.32 Å². The molecule has 0 aliphatic carbocycles. The topological polar surface area (TPSA) is 80.9 Å². The summed E-state index contributed by atoms with van der Waals surface area (Å²) in [6, 6.07) is 10.1. The van der Waals surface area contributed by atoms with Crippen molar-refractivity contribution in [3.63, 3.8) is 0 Å². The zero-order valence-electron chi connectivity index (χ0n) is 11.0. The smallest absolute Gasteiger partial charge is 0.205 e. The number of hydrogen-bond acceptors (Lipinski definition) is 6. The van der Waals surface area contributed by atoms with Crippen LogP contribution in [0.1, 0.15) is 5.56 Å². The first-order valence-corrected chi connectivity index (χ1v) is 6.50. The molecular formula is C14H11N7. The predicted molar refractivity (Wildman–Crippen MR) is 77.6 cm³/mol. The van der Waals surface area contributed by atoms with Gasteiger partial charge in [0.2, 0.25) is 5.65 Å². The maximum Gasteiger partial charge on any atom is 0.205 e. The molecule has 0 spiro atoms. The number of benzene rings is 1. The third kappa shape index (κ3) is 2.04. The number of nitrogens with one attached hydrogen (secondary N) is 1. The van der Waals surface area contributed by atoms with Crippen molar-refractivity contribution >= 4 is 22.5 Å². The third-order valence-corrected chi connectivity index (χ3v) is 3.18. The van der Waals surface area contributed by atoms with Crippen LogP contribution in [0, 0.1) is 0 Å². The molecule has 3 heterocycles. The summed E-state index contributed by atoms with van der Waals surface area (Å²) in [5.41, 5.74) is 3.14. The number of hydrogen-bond donors (Lipinski definition) is 1. The largest absolute Gasteiger partial charge is 0.363 e. The van der Waals surface area contributed by atoms with Gasteiger partial charge in [0.05, 0.1) is 0 Å². The van der Waals surface area contributed by atoms with Crippen molar-refractivity contribution in [2.24, 2.45) is 0 Å². The molecule has 0 fully saturated rings. The van der Waals surface area contributed by atoms with Gasteiger partial charge in [-0.1, -0.05) is 30.3 Å². The van der Waals surface area contributed by atoms with E-state index < -0.39 is 0 Å². The maximum absolute atomic E-state index is 4.46. The van der Waals surface area contributed by atoms with E-state index in [1.165, 1.54) is 5.56 Å². The van der Waals surface area contributed by atoms with Gasteiger partial charge in [-0.25, -0.2) is 9.97 Å². The van der Waals surface area contributed by atoms with E-state index in [0.717, 1.165) is 0 Å². The molecular weight excluding hydrogens is 266 g/mol. The number of rotatable bonds is 3. The fourth-order valence-corrected chi connectivity index (χ4v) is 2.19. The Balaban J connectivity index is 1.79. The van der Waals surface area contributed by atoms with Gasteiger partial charge in [0.25, 0.3) is 0 Å². The molecule has 102 valence electrons. The van der Waals surface area contributed by atoms with Gasteiger partial charge in [-0.05, 0) is 5.56 Å². The van der Waals surface area contributed by atoms with Gasteiger partial charge in [0, 0.05) is 18.9 Å². The highest BCUT2D eigenvalue weighted by atomic mass is 15.4. The summed E-state index contributed by atoms with van der Waals surface area (Å²) in [5, 5.41) is 15.6. The molecule has 7 heteroatoms. The SMILES string of the molecule is c1ccc(CNc2nn3cnnc3c3nccnc23)cc1. The monoisotopic (exact) mass is 277 g/mol. The summed E-state index contributed by atoms with van der Waals surface area (Å²) in [7, 11) is 0. The third-order valence-electron chi connectivity index (χ3n) is 3.18. The van der Waals surface area contributed by atoms with E-state index in [9.17, 15) is 0 Å². The van der Waals surface area contributed by atoms with Crippen molar-refractivity contribution in [1.82, 2.24) is 29.8 Å². The summed E-state index contributed by atoms with van der Waals surface area (Å²) < 4.78 is 1.60. The molecule has 0 bridgehead atoms. The molecule has 21 heavy (non-hydrogen) atoms. The van der Waals surface area contributed by atoms with Crippen LogP contribution in [0.4, 0.5) is 5.82 Å². The highest BCUT2D eigenvalue weighted by Crippen LogP contribution is 2.20. The molecule has 4 aromatic rings. The van der Waals surface area contributed by atoms with E-state index in [2.05, 4.69) is 42.7 Å². The maximum atomic E-state index is 4.46. The molecule has 0 saturated heterocycles. The molecule has 7 nitrogen and oxygen atoms in total. The molecule has 0 unspecified atom stereocenters. The van der Waals surface area contributed by atoms with E-state index in [0.29, 0.717) is 29.0 Å². The fourth-order valence-electron chi connectivity index (χ4n) is 2.19. The zero-order valence-corrected chi connectivity index (χ0v) is 11.0. The van der Waals surface area contributed by atoms with Crippen LogP contribution in [-0.2, 0) is 6.54 Å². The lowest BCUT2D eigenvalue weighted by Crippen LogP contribution is -2.06. The van der Waals surface area contributed by atoms with Crippen LogP contribution in [0.2, 0.25) is 0 Å². The Morgan fingerprint density at radius 2 is 1.81 bits per heavy atom. The average Bonchev–Trinajstić information content (AvgIpc) is 3.02. The molecule has 0 aliphatic heterocycles. The second kappa shape index (κ2) is 4.78. The molecule has 0 amide bonds. The van der Waals surface area contributed by atoms with E-state index in [1.54, 1.807) is 23.2 Å². The van der Waals surface area contributed by atoms with E-state index in [-0.39, 0.29) is 0 Å². The predicted octanol–water partition coefficient (Wildman–Crippen LogP) is 1.68. The Hall–Kier alpha value is -3.09. The quantitative estimate of drug-likeness (QED) is 0.613. The molecule has 0 radical (unpaired) electrons. The molecule has 0 atom stereocenters. The second-order valence-corrected chi connectivity index (χ2v) is 4.54. The van der Waals surface area contributed by atoms with Gasteiger partial charge in [-0.2, -0.15) is 4.52 Å². The van der Waals surface area contributed by atoms with Crippen LogP contribution < -0.4 is 5.32 Å². The Kier molecular flexibility index (Phi) is 2.67. The van der Waals surface area contributed by atoms with Crippen LogP contribution >= 0.6 is 0 Å². The molecule has 3 aromatic heterocycles. The average molecular weight is 277 g/mol. The van der Waals surface area contributed by atoms with Crippen LogP contribution in [0.15, 0.2) is 49.1 Å². The lowest BCUT2D eigenvalue weighted by atomic mass is 10.2. The zero-order chi connectivity index (χ0) is 14.1. The first-order chi connectivity index (χ1) is 10.4. The molecule has 0 saturated carbocycles. The highest BCUT2D eigenvalue weighted by molar-refractivity contribution is 5.93. The van der Waals surface area contributed by atoms with Crippen molar-refractivity contribution in [3.8, 4) is 0 Å². The standard InChI is InChI=1S/C14H11N7/c1-2-4-10(5-3-1)8-17-13-11-12(16-7-6-15-11)14-19-18-9-21(14)20-13/h1-7,9H,8H2,(H,17,20). The van der Waals surface area contributed by atoms with Crippen molar-refractivity contribution in [3.05, 3.63) is 54.6 Å². The fraction of sp³-hybridized carbons (Fsp3) is 0.0714. The van der Waals surface area contributed by atoms with Gasteiger partial charge in [-0.3, -0.25) is 0 Å². The minimum atomic E-state index is 0.600. The number of fused-ring (bicyclic) bond motifs is 3. The number of anilines is 1. The molecule has 0 aliphatic rings. The molecule has 4 rings (SSSR count). The lowest BCUT2D eigenvalue weighted by molar-refractivity contribution is 0.921. The Morgan fingerprint density at radius 3 is 2.67 bits per heavy atom. The second-order valence-electron chi connectivity index (χ2n) is 4.54. The van der Waals surface area contributed by atoms with E-state index >= 15 is 0 Å². The lowest BCUT2D eigenvalue weighted by Gasteiger charge is -2.08. The first kappa shape index (κ1) is 11.7. The van der Waals surface area contributed by atoms with Crippen molar-refractivity contribution < 1.29 is 0 Å². The first-order valence-electron chi connectivity index (χ1n) is 6.50. The summed E-state index contributed by atoms with van der Waals surface area (Å²) in [6.07, 6.45) is 4.83. The van der Waals surface area contributed by atoms with Gasteiger partial charge >= 0.3 is 0 Å². The summed E-state index contributed by atoms with van der Waals surface area (Å²) in [5.74, 6) is 0.661. The van der Waals surface area contributed by atoms with Crippen LogP contribution in [-0.4, -0.2) is 29.8 Å². The van der Waals surface area contributed by atoms with Gasteiger partial charge in [-0.15, -0.1) is 15.3 Å². The summed E-state index contributed by atoms with van der Waals surface area (Å²) in [4.78, 5) is 8.69. The van der Waals surface area contributed by atoms with Crippen LogP contribution in [0.25, 0.3) is 16.7 Å². The minimum absolute atomic E-state index is 0.600. The minimum Gasteiger partial charge on any atom is -0.363 e. The number of aromatic nitrogens is 6. The Morgan fingerprint density at radius 1 is 1.00 bits per heavy atom. The van der Waals surface area contributed by atoms with Gasteiger partial charge in [0.1, 0.15) is 17.4 Å². The number of nitrogens with zero attached hydrogens (tertiary/aromatic N) is 6. The van der Waals surface area contributed by atoms with Crippen molar-refractivity contribution in [2.45, 2.75) is 6.54 Å². The highest BCUT2D eigenvalue weighted by Gasteiger charge is 2.11.